The zero-order valence-electron chi connectivity index (χ0n) is 12.9. The number of aromatic nitrogens is 1. The van der Waals surface area contributed by atoms with Crippen LogP contribution in [0.1, 0.15) is 22.3 Å². The van der Waals surface area contributed by atoms with Crippen LogP contribution in [-0.2, 0) is 16.1 Å². The Kier molecular flexibility index (Phi) is 5.34. The molecule has 120 valence electrons. The van der Waals surface area contributed by atoms with Crippen LogP contribution >= 0.6 is 0 Å². The quantitative estimate of drug-likeness (QED) is 0.919. The summed E-state index contributed by atoms with van der Waals surface area (Å²) in [6.07, 6.45) is 3.83. The lowest BCUT2D eigenvalue weighted by molar-refractivity contribution is -0.0736. The number of amides is 1. The molecule has 0 bridgehead atoms. The number of pyridine rings is 1. The van der Waals surface area contributed by atoms with Crippen LogP contribution in [0.2, 0.25) is 0 Å². The Morgan fingerprint density at radius 2 is 2.00 bits per heavy atom. The van der Waals surface area contributed by atoms with Gasteiger partial charge in [-0.25, -0.2) is 0 Å². The summed E-state index contributed by atoms with van der Waals surface area (Å²) in [5, 5.41) is 3.05. The van der Waals surface area contributed by atoms with Gasteiger partial charge in [0.1, 0.15) is 6.10 Å². The molecule has 0 unspecified atom stereocenters. The van der Waals surface area contributed by atoms with E-state index in [9.17, 15) is 4.79 Å². The second-order valence-corrected chi connectivity index (χ2v) is 5.51. The van der Waals surface area contributed by atoms with E-state index in [1.807, 2.05) is 30.3 Å². The predicted molar refractivity (Wildman–Crippen MR) is 85.9 cm³/mol. The summed E-state index contributed by atoms with van der Waals surface area (Å²) >= 11 is 0. The molecule has 0 radical (unpaired) electrons. The van der Waals surface area contributed by atoms with E-state index < -0.39 is 0 Å². The largest absolute Gasteiger partial charge is 0.379 e. The van der Waals surface area contributed by atoms with Crippen molar-refractivity contribution in [2.24, 2.45) is 0 Å². The Hall–Kier alpha value is -2.24. The van der Waals surface area contributed by atoms with Gasteiger partial charge in [-0.05, 0) is 24.1 Å². The first-order valence-corrected chi connectivity index (χ1v) is 7.77. The fourth-order valence-corrected chi connectivity index (χ4v) is 2.57. The number of nitrogens with one attached hydrogen (secondary N) is 1. The third-order valence-electron chi connectivity index (χ3n) is 3.87. The summed E-state index contributed by atoms with van der Waals surface area (Å²) in [4.78, 5) is 16.2. The second-order valence-electron chi connectivity index (χ2n) is 5.51. The zero-order chi connectivity index (χ0) is 15.9. The zero-order valence-corrected chi connectivity index (χ0v) is 12.9. The molecule has 0 aliphatic carbocycles. The smallest absolute Gasteiger partial charge is 0.251 e. The van der Waals surface area contributed by atoms with E-state index in [1.165, 1.54) is 0 Å². The first-order valence-electron chi connectivity index (χ1n) is 7.77. The highest BCUT2D eigenvalue weighted by atomic mass is 16.5. The third-order valence-corrected chi connectivity index (χ3v) is 3.87. The molecule has 23 heavy (non-hydrogen) atoms. The van der Waals surface area contributed by atoms with E-state index >= 15 is 0 Å². The molecular formula is C18H20N2O3. The highest BCUT2D eigenvalue weighted by Gasteiger charge is 2.28. The van der Waals surface area contributed by atoms with Crippen molar-refractivity contribution >= 4 is 5.91 Å². The monoisotopic (exact) mass is 312 g/mol. The molecular weight excluding hydrogens is 292 g/mol. The number of hydrogen-bond acceptors (Lipinski definition) is 4. The molecule has 2 atom stereocenters. The van der Waals surface area contributed by atoms with Crippen molar-refractivity contribution in [1.29, 1.82) is 0 Å². The second kappa shape index (κ2) is 7.85. The molecule has 0 spiro atoms. The number of benzene rings is 1. The minimum Gasteiger partial charge on any atom is -0.379 e. The lowest BCUT2D eigenvalue weighted by atomic mass is 10.1. The summed E-state index contributed by atoms with van der Waals surface area (Å²) in [7, 11) is 0. The highest BCUT2D eigenvalue weighted by Crippen LogP contribution is 2.14. The SMILES string of the molecule is O=C(N[C@@H]1CCOC[C@H]1OCc1ccccc1)c1ccncc1. The van der Waals surface area contributed by atoms with Crippen LogP contribution in [0, 0.1) is 0 Å². The van der Waals surface area contributed by atoms with Gasteiger partial charge in [0.2, 0.25) is 0 Å². The van der Waals surface area contributed by atoms with Crippen molar-refractivity contribution in [1.82, 2.24) is 10.3 Å². The lowest BCUT2D eigenvalue weighted by Gasteiger charge is -2.32. The van der Waals surface area contributed by atoms with Crippen molar-refractivity contribution in [3.63, 3.8) is 0 Å². The minimum absolute atomic E-state index is 0.0480. The lowest BCUT2D eigenvalue weighted by Crippen LogP contribution is -2.49. The summed E-state index contributed by atoms with van der Waals surface area (Å²) in [6, 6.07) is 13.3. The van der Waals surface area contributed by atoms with Gasteiger partial charge in [-0.15, -0.1) is 0 Å². The predicted octanol–water partition coefficient (Wildman–Crippen LogP) is 2.19. The van der Waals surface area contributed by atoms with Crippen molar-refractivity contribution in [2.75, 3.05) is 13.2 Å². The van der Waals surface area contributed by atoms with Crippen LogP contribution in [0.5, 0.6) is 0 Å². The first kappa shape index (κ1) is 15.6. The Morgan fingerprint density at radius 3 is 2.78 bits per heavy atom. The molecule has 1 amide bonds. The molecule has 1 aliphatic rings. The van der Waals surface area contributed by atoms with Crippen molar-refractivity contribution in [2.45, 2.75) is 25.2 Å². The standard InChI is InChI=1S/C18H20N2O3/c21-18(15-6-9-19-10-7-15)20-16-8-11-22-13-17(16)23-12-14-4-2-1-3-5-14/h1-7,9-10,16-17H,8,11-13H2,(H,20,21)/t16-,17-/m1/s1. The van der Waals surface area contributed by atoms with E-state index in [4.69, 9.17) is 9.47 Å². The molecule has 2 aromatic rings. The number of hydrogen-bond donors (Lipinski definition) is 1. The van der Waals surface area contributed by atoms with Crippen LogP contribution in [0.15, 0.2) is 54.9 Å². The maximum absolute atomic E-state index is 12.3. The normalized spacial score (nSPS) is 20.9. The fraction of sp³-hybridized carbons (Fsp3) is 0.333. The Balaban J connectivity index is 1.59. The van der Waals surface area contributed by atoms with E-state index in [0.29, 0.717) is 25.4 Å². The van der Waals surface area contributed by atoms with Gasteiger partial charge in [-0.3, -0.25) is 9.78 Å². The highest BCUT2D eigenvalue weighted by molar-refractivity contribution is 5.94. The summed E-state index contributed by atoms with van der Waals surface area (Å²) < 4.78 is 11.5. The number of carbonyl (C=O) groups excluding carboxylic acids is 1. The topological polar surface area (TPSA) is 60.5 Å². The van der Waals surface area contributed by atoms with E-state index in [-0.39, 0.29) is 18.1 Å². The van der Waals surface area contributed by atoms with Crippen LogP contribution in [-0.4, -0.2) is 36.3 Å². The molecule has 5 nitrogen and oxygen atoms in total. The third kappa shape index (κ3) is 4.37. The maximum atomic E-state index is 12.3. The van der Waals surface area contributed by atoms with Gasteiger partial charge in [0.25, 0.3) is 5.91 Å². The van der Waals surface area contributed by atoms with Gasteiger partial charge in [0.15, 0.2) is 0 Å². The van der Waals surface area contributed by atoms with Crippen LogP contribution in [0.4, 0.5) is 0 Å². The van der Waals surface area contributed by atoms with Gasteiger partial charge in [-0.1, -0.05) is 30.3 Å². The van der Waals surface area contributed by atoms with Crippen LogP contribution in [0.25, 0.3) is 0 Å². The molecule has 1 N–H and O–H groups in total. The van der Waals surface area contributed by atoms with Gasteiger partial charge in [0.05, 0.1) is 19.3 Å². The van der Waals surface area contributed by atoms with Gasteiger partial charge >= 0.3 is 0 Å². The average Bonchev–Trinajstić information content (AvgIpc) is 2.62. The fourth-order valence-electron chi connectivity index (χ4n) is 2.57. The Labute approximate surface area is 135 Å². The molecule has 3 rings (SSSR count). The maximum Gasteiger partial charge on any atom is 0.251 e. The van der Waals surface area contributed by atoms with E-state index in [2.05, 4.69) is 10.3 Å². The molecule has 1 aromatic carbocycles. The summed E-state index contributed by atoms with van der Waals surface area (Å²) in [5.41, 5.74) is 1.71. The molecule has 1 fully saturated rings. The van der Waals surface area contributed by atoms with Gasteiger partial charge < -0.3 is 14.8 Å². The van der Waals surface area contributed by atoms with Gasteiger partial charge in [-0.2, -0.15) is 0 Å². The van der Waals surface area contributed by atoms with E-state index in [0.717, 1.165) is 12.0 Å². The van der Waals surface area contributed by atoms with Crippen LogP contribution in [0.3, 0.4) is 0 Å². The van der Waals surface area contributed by atoms with Crippen molar-refractivity contribution in [3.8, 4) is 0 Å². The molecule has 5 heteroatoms. The average molecular weight is 312 g/mol. The van der Waals surface area contributed by atoms with Crippen molar-refractivity contribution in [3.05, 3.63) is 66.0 Å². The molecule has 2 heterocycles. The van der Waals surface area contributed by atoms with Gasteiger partial charge in [0, 0.05) is 24.6 Å². The summed E-state index contributed by atoms with van der Waals surface area (Å²) in [6.45, 7) is 1.64. The number of nitrogens with zero attached hydrogens (tertiary/aromatic N) is 1. The Bertz CT molecular complexity index is 619. The first-order chi connectivity index (χ1) is 11.3. The number of carbonyl (C=O) groups is 1. The minimum atomic E-state index is -0.144. The number of rotatable bonds is 5. The Morgan fingerprint density at radius 1 is 1.22 bits per heavy atom. The summed E-state index contributed by atoms with van der Waals surface area (Å²) in [5.74, 6) is -0.104. The molecule has 1 saturated heterocycles. The molecule has 0 saturated carbocycles. The van der Waals surface area contributed by atoms with Crippen LogP contribution < -0.4 is 5.32 Å². The molecule has 1 aromatic heterocycles. The van der Waals surface area contributed by atoms with Crippen molar-refractivity contribution < 1.29 is 14.3 Å². The van der Waals surface area contributed by atoms with E-state index in [1.54, 1.807) is 24.5 Å². The number of ether oxygens (including phenoxy) is 2. The molecule has 1 aliphatic heterocycles.